The van der Waals surface area contributed by atoms with Crippen molar-refractivity contribution in [2.24, 2.45) is 5.41 Å². The predicted octanol–water partition coefficient (Wildman–Crippen LogP) is 2.20. The SMILES string of the molecule is COC1CC(Nc2ncc(C)cc2N)C1(C)C. The summed E-state index contributed by atoms with van der Waals surface area (Å²) in [5.74, 6) is 0.781. The molecule has 0 aliphatic heterocycles. The zero-order valence-corrected chi connectivity index (χ0v) is 10.9. The second-order valence-electron chi connectivity index (χ2n) is 5.43. The van der Waals surface area contributed by atoms with Crippen LogP contribution in [0.15, 0.2) is 12.3 Å². The van der Waals surface area contributed by atoms with E-state index >= 15 is 0 Å². The molecule has 1 aromatic heterocycles. The summed E-state index contributed by atoms with van der Waals surface area (Å²) in [4.78, 5) is 4.34. The number of nitrogens with two attached hydrogens (primary N) is 1. The molecule has 1 saturated carbocycles. The van der Waals surface area contributed by atoms with E-state index in [4.69, 9.17) is 10.5 Å². The molecule has 2 unspecified atom stereocenters. The van der Waals surface area contributed by atoms with E-state index in [1.165, 1.54) is 0 Å². The molecule has 0 saturated heterocycles. The van der Waals surface area contributed by atoms with Crippen LogP contribution in [-0.2, 0) is 4.74 Å². The van der Waals surface area contributed by atoms with E-state index in [2.05, 4.69) is 24.1 Å². The third-order valence-electron chi connectivity index (χ3n) is 3.83. The molecule has 4 nitrogen and oxygen atoms in total. The van der Waals surface area contributed by atoms with Crippen molar-refractivity contribution in [1.29, 1.82) is 0 Å². The number of hydrogen-bond acceptors (Lipinski definition) is 4. The first kappa shape index (κ1) is 12.2. The Hall–Kier alpha value is -1.29. The lowest BCUT2D eigenvalue weighted by atomic mass is 9.64. The summed E-state index contributed by atoms with van der Waals surface area (Å²) in [6.07, 6.45) is 3.14. The molecular weight excluding hydrogens is 214 g/mol. The van der Waals surface area contributed by atoms with Crippen molar-refractivity contribution in [3.63, 3.8) is 0 Å². The number of methoxy groups -OCH3 is 1. The van der Waals surface area contributed by atoms with Crippen LogP contribution in [0.5, 0.6) is 0 Å². The first-order chi connectivity index (χ1) is 7.95. The fraction of sp³-hybridized carbons (Fsp3) is 0.615. The van der Waals surface area contributed by atoms with Crippen LogP contribution >= 0.6 is 0 Å². The third-order valence-corrected chi connectivity index (χ3v) is 3.83. The summed E-state index contributed by atoms with van der Waals surface area (Å²) >= 11 is 0. The van der Waals surface area contributed by atoms with Crippen molar-refractivity contribution >= 4 is 11.5 Å². The first-order valence-corrected chi connectivity index (χ1v) is 5.96. The number of ether oxygens (including phenoxy) is 1. The molecular formula is C13H21N3O. The Morgan fingerprint density at radius 3 is 2.76 bits per heavy atom. The Bertz CT molecular complexity index is 417. The van der Waals surface area contributed by atoms with E-state index in [0.29, 0.717) is 17.8 Å². The minimum absolute atomic E-state index is 0.119. The Balaban J connectivity index is 2.08. The molecule has 3 N–H and O–H groups in total. The highest BCUT2D eigenvalue weighted by molar-refractivity contribution is 5.62. The van der Waals surface area contributed by atoms with Crippen LogP contribution in [0.2, 0.25) is 0 Å². The molecule has 4 heteroatoms. The Labute approximate surface area is 103 Å². The second kappa shape index (κ2) is 4.18. The quantitative estimate of drug-likeness (QED) is 0.843. The van der Waals surface area contributed by atoms with Gasteiger partial charge in [0, 0.05) is 24.8 Å². The monoisotopic (exact) mass is 235 g/mol. The number of nitrogens with one attached hydrogen (secondary N) is 1. The summed E-state index contributed by atoms with van der Waals surface area (Å²) in [5.41, 5.74) is 7.86. The van der Waals surface area contributed by atoms with E-state index < -0.39 is 0 Å². The van der Waals surface area contributed by atoms with Crippen LogP contribution in [0.3, 0.4) is 0 Å². The van der Waals surface area contributed by atoms with Crippen LogP contribution in [0, 0.1) is 12.3 Å². The predicted molar refractivity (Wildman–Crippen MR) is 70.0 cm³/mol. The highest BCUT2D eigenvalue weighted by Gasteiger charge is 2.48. The van der Waals surface area contributed by atoms with Gasteiger partial charge in [-0.25, -0.2) is 4.98 Å². The summed E-state index contributed by atoms with van der Waals surface area (Å²) in [6.45, 7) is 6.39. The van der Waals surface area contributed by atoms with Gasteiger partial charge in [0.15, 0.2) is 0 Å². The number of pyridine rings is 1. The molecule has 0 bridgehead atoms. The Morgan fingerprint density at radius 1 is 1.53 bits per heavy atom. The van der Waals surface area contributed by atoms with Crippen molar-refractivity contribution < 1.29 is 4.74 Å². The molecule has 0 radical (unpaired) electrons. The minimum Gasteiger partial charge on any atom is -0.396 e. The van der Waals surface area contributed by atoms with Crippen LogP contribution < -0.4 is 11.1 Å². The molecule has 0 spiro atoms. The summed E-state index contributed by atoms with van der Waals surface area (Å²) in [6, 6.07) is 2.30. The number of hydrogen-bond donors (Lipinski definition) is 2. The average molecular weight is 235 g/mol. The van der Waals surface area contributed by atoms with Gasteiger partial charge in [0.1, 0.15) is 5.82 Å². The van der Waals surface area contributed by atoms with E-state index in [-0.39, 0.29) is 5.41 Å². The van der Waals surface area contributed by atoms with Gasteiger partial charge in [-0.2, -0.15) is 0 Å². The number of nitrogen functional groups attached to an aromatic ring is 1. The molecule has 2 rings (SSSR count). The minimum atomic E-state index is 0.119. The van der Waals surface area contributed by atoms with Crippen LogP contribution in [0.25, 0.3) is 0 Å². The molecule has 1 aliphatic carbocycles. The molecule has 0 amide bonds. The molecule has 2 atom stereocenters. The van der Waals surface area contributed by atoms with Gasteiger partial charge in [0.2, 0.25) is 0 Å². The van der Waals surface area contributed by atoms with Crippen molar-refractivity contribution in [2.75, 3.05) is 18.2 Å². The van der Waals surface area contributed by atoms with Gasteiger partial charge in [-0.1, -0.05) is 13.8 Å². The van der Waals surface area contributed by atoms with Crippen molar-refractivity contribution in [3.8, 4) is 0 Å². The summed E-state index contributed by atoms with van der Waals surface area (Å²) in [7, 11) is 1.77. The van der Waals surface area contributed by atoms with Gasteiger partial charge in [-0.3, -0.25) is 0 Å². The summed E-state index contributed by atoms with van der Waals surface area (Å²) in [5, 5.41) is 3.41. The maximum absolute atomic E-state index is 5.95. The molecule has 94 valence electrons. The normalized spacial score (nSPS) is 26.4. The Morgan fingerprint density at radius 2 is 2.24 bits per heavy atom. The molecule has 1 aromatic rings. The smallest absolute Gasteiger partial charge is 0.149 e. The second-order valence-corrected chi connectivity index (χ2v) is 5.43. The van der Waals surface area contributed by atoms with Crippen molar-refractivity contribution in [3.05, 3.63) is 17.8 Å². The van der Waals surface area contributed by atoms with Gasteiger partial charge in [-0.15, -0.1) is 0 Å². The highest BCUT2D eigenvalue weighted by Crippen LogP contribution is 2.44. The highest BCUT2D eigenvalue weighted by atomic mass is 16.5. The topological polar surface area (TPSA) is 60.2 Å². The van der Waals surface area contributed by atoms with Gasteiger partial charge in [0.25, 0.3) is 0 Å². The van der Waals surface area contributed by atoms with E-state index in [9.17, 15) is 0 Å². The number of rotatable bonds is 3. The van der Waals surface area contributed by atoms with Gasteiger partial charge >= 0.3 is 0 Å². The molecule has 17 heavy (non-hydrogen) atoms. The summed E-state index contributed by atoms with van der Waals surface area (Å²) < 4.78 is 5.43. The maximum atomic E-state index is 5.95. The fourth-order valence-corrected chi connectivity index (χ4v) is 2.41. The zero-order valence-electron chi connectivity index (χ0n) is 10.9. The fourth-order valence-electron chi connectivity index (χ4n) is 2.41. The average Bonchev–Trinajstić information content (AvgIpc) is 2.26. The number of nitrogens with zero attached hydrogens (tertiary/aromatic N) is 1. The van der Waals surface area contributed by atoms with Gasteiger partial charge in [0.05, 0.1) is 11.8 Å². The number of anilines is 2. The maximum Gasteiger partial charge on any atom is 0.149 e. The van der Waals surface area contributed by atoms with E-state index in [0.717, 1.165) is 17.8 Å². The number of aromatic nitrogens is 1. The number of aryl methyl sites for hydroxylation is 1. The van der Waals surface area contributed by atoms with Gasteiger partial charge in [-0.05, 0) is 25.0 Å². The molecule has 1 fully saturated rings. The largest absolute Gasteiger partial charge is 0.396 e. The van der Waals surface area contributed by atoms with Crippen molar-refractivity contribution in [1.82, 2.24) is 4.98 Å². The molecule has 1 aliphatic rings. The van der Waals surface area contributed by atoms with Crippen LogP contribution in [-0.4, -0.2) is 24.2 Å². The Kier molecular flexibility index (Phi) is 3.00. The van der Waals surface area contributed by atoms with Crippen LogP contribution in [0.4, 0.5) is 11.5 Å². The van der Waals surface area contributed by atoms with Gasteiger partial charge < -0.3 is 15.8 Å². The zero-order chi connectivity index (χ0) is 12.6. The molecule has 1 heterocycles. The van der Waals surface area contributed by atoms with Crippen LogP contribution in [0.1, 0.15) is 25.8 Å². The lowest BCUT2D eigenvalue weighted by Crippen LogP contribution is -2.57. The lowest BCUT2D eigenvalue weighted by molar-refractivity contribution is -0.0795. The lowest BCUT2D eigenvalue weighted by Gasteiger charge is -2.51. The third kappa shape index (κ3) is 2.09. The van der Waals surface area contributed by atoms with E-state index in [1.807, 2.05) is 19.2 Å². The first-order valence-electron chi connectivity index (χ1n) is 5.96. The standard InChI is InChI=1S/C13H21N3O/c1-8-5-9(14)12(15-7-8)16-10-6-11(17-4)13(10,2)3/h5,7,10-11H,6,14H2,1-4H3,(H,15,16). The van der Waals surface area contributed by atoms with E-state index in [1.54, 1.807) is 7.11 Å². The molecule has 0 aromatic carbocycles. The van der Waals surface area contributed by atoms with Crippen molar-refractivity contribution in [2.45, 2.75) is 39.3 Å².